The van der Waals surface area contributed by atoms with Crippen molar-refractivity contribution in [1.82, 2.24) is 0 Å². The lowest BCUT2D eigenvalue weighted by Crippen LogP contribution is -2.30. The van der Waals surface area contributed by atoms with Crippen LogP contribution in [-0.2, 0) is 0 Å². The monoisotopic (exact) mass is 340 g/mol. The first-order valence-corrected chi connectivity index (χ1v) is 8.40. The Morgan fingerprint density at radius 3 is 2.88 bits per heavy atom. The number of nitro benzene ring substituents is 1. The average molecular weight is 341 g/mol. The van der Waals surface area contributed by atoms with E-state index in [9.17, 15) is 10.1 Å². The molecule has 2 aromatic carbocycles. The van der Waals surface area contributed by atoms with Crippen LogP contribution in [0.3, 0.4) is 0 Å². The summed E-state index contributed by atoms with van der Waals surface area (Å²) in [5, 5.41) is 15.8. The highest BCUT2D eigenvalue weighted by Crippen LogP contribution is 2.53. The molecule has 0 fully saturated rings. The molecule has 0 unspecified atom stereocenters. The Balaban J connectivity index is 1.88. The fourth-order valence-electron chi connectivity index (χ4n) is 4.02. The van der Waals surface area contributed by atoms with Crippen LogP contribution in [0.25, 0.3) is 0 Å². The maximum absolute atomic E-state index is 11.5. The van der Waals surface area contributed by atoms with Gasteiger partial charge in [-0.25, -0.2) is 0 Å². The van der Waals surface area contributed by atoms with E-state index in [1.165, 1.54) is 0 Å². The minimum Gasteiger partial charge on any atom is -0.377 e. The van der Waals surface area contributed by atoms with Crippen molar-refractivity contribution >= 4 is 23.0 Å². The Hall–Kier alpha value is -2.33. The number of aryl methyl sites for hydroxylation is 1. The summed E-state index contributed by atoms with van der Waals surface area (Å²) in [6, 6.07) is 11.4. The molecule has 1 N–H and O–H groups in total. The van der Waals surface area contributed by atoms with Gasteiger partial charge in [-0.1, -0.05) is 42.0 Å². The Bertz CT molecular complexity index is 862. The minimum absolute atomic E-state index is 0.0607. The fraction of sp³-hybridized carbons (Fsp3) is 0.263. The predicted octanol–water partition coefficient (Wildman–Crippen LogP) is 5.38. The zero-order chi connectivity index (χ0) is 16.8. The van der Waals surface area contributed by atoms with Gasteiger partial charge in [0, 0.05) is 22.7 Å². The molecule has 0 saturated carbocycles. The van der Waals surface area contributed by atoms with Gasteiger partial charge in [0.2, 0.25) is 0 Å². The summed E-state index contributed by atoms with van der Waals surface area (Å²) in [6.45, 7) is 1.99. The molecular weight excluding hydrogens is 324 g/mol. The van der Waals surface area contributed by atoms with Gasteiger partial charge in [-0.05, 0) is 42.5 Å². The van der Waals surface area contributed by atoms with Crippen LogP contribution in [0.4, 0.5) is 11.4 Å². The second-order valence-electron chi connectivity index (χ2n) is 6.48. The Kier molecular flexibility index (Phi) is 3.57. The number of hydrogen-bond donors (Lipinski definition) is 1. The van der Waals surface area contributed by atoms with E-state index in [-0.39, 0.29) is 28.5 Å². The maximum atomic E-state index is 11.5. The van der Waals surface area contributed by atoms with Crippen molar-refractivity contribution in [3.05, 3.63) is 80.4 Å². The maximum Gasteiger partial charge on any atom is 0.275 e. The number of hydrogen-bond acceptors (Lipinski definition) is 3. The van der Waals surface area contributed by atoms with E-state index < -0.39 is 0 Å². The van der Waals surface area contributed by atoms with Gasteiger partial charge >= 0.3 is 0 Å². The van der Waals surface area contributed by atoms with Crippen LogP contribution in [0.1, 0.15) is 35.1 Å². The molecule has 4 nitrogen and oxygen atoms in total. The Morgan fingerprint density at radius 2 is 2.12 bits per heavy atom. The summed E-state index contributed by atoms with van der Waals surface area (Å²) < 4.78 is 0. The summed E-state index contributed by atoms with van der Waals surface area (Å²) in [5.74, 6) is 0.321. The first kappa shape index (κ1) is 15.2. The molecule has 2 aromatic rings. The number of fused-ring (bicyclic) bond motifs is 3. The number of allylic oxidation sites excluding steroid dienone is 2. The van der Waals surface area contributed by atoms with Crippen LogP contribution < -0.4 is 5.32 Å². The van der Waals surface area contributed by atoms with Crippen molar-refractivity contribution in [3.8, 4) is 0 Å². The fourth-order valence-corrected chi connectivity index (χ4v) is 4.22. The molecule has 0 aromatic heterocycles. The third-order valence-corrected chi connectivity index (χ3v) is 5.34. The molecule has 0 bridgehead atoms. The average Bonchev–Trinajstić information content (AvgIpc) is 3.04. The number of nitro groups is 1. The number of halogens is 1. The largest absolute Gasteiger partial charge is 0.377 e. The summed E-state index contributed by atoms with van der Waals surface area (Å²) >= 11 is 6.17. The summed E-state index contributed by atoms with van der Waals surface area (Å²) in [6.07, 6.45) is 5.16. The number of nitrogens with one attached hydrogen (secondary N) is 1. The van der Waals surface area contributed by atoms with Crippen LogP contribution in [0, 0.1) is 23.0 Å². The normalized spacial score (nSPS) is 24.2. The molecule has 2 aliphatic rings. The third kappa shape index (κ3) is 2.29. The minimum atomic E-state index is -0.275. The van der Waals surface area contributed by atoms with Crippen molar-refractivity contribution in [3.63, 3.8) is 0 Å². The second kappa shape index (κ2) is 5.64. The van der Waals surface area contributed by atoms with Crippen LogP contribution in [0.15, 0.2) is 48.6 Å². The Morgan fingerprint density at radius 1 is 1.29 bits per heavy atom. The molecule has 5 heteroatoms. The lowest BCUT2D eigenvalue weighted by molar-refractivity contribution is -0.385. The highest BCUT2D eigenvalue weighted by Gasteiger charge is 2.42. The lowest BCUT2D eigenvalue weighted by atomic mass is 9.75. The van der Waals surface area contributed by atoms with Gasteiger partial charge in [-0.15, -0.1) is 0 Å². The number of benzene rings is 2. The SMILES string of the molecule is Cc1ccc([N+](=O)[O-])c2c1N[C@@H](c1cccc(Cl)c1)[C@H]1CC=C[C@@H]21. The van der Waals surface area contributed by atoms with Gasteiger partial charge in [0.1, 0.15) is 0 Å². The van der Waals surface area contributed by atoms with Crippen LogP contribution >= 0.6 is 11.6 Å². The van der Waals surface area contributed by atoms with E-state index in [2.05, 4.69) is 23.5 Å². The summed E-state index contributed by atoms with van der Waals surface area (Å²) in [7, 11) is 0. The van der Waals surface area contributed by atoms with Gasteiger partial charge in [0.05, 0.1) is 16.5 Å². The molecule has 1 heterocycles. The van der Waals surface area contributed by atoms with Crippen molar-refractivity contribution < 1.29 is 4.92 Å². The molecule has 3 atom stereocenters. The van der Waals surface area contributed by atoms with E-state index in [4.69, 9.17) is 11.6 Å². The van der Waals surface area contributed by atoms with Crippen molar-refractivity contribution in [2.45, 2.75) is 25.3 Å². The molecule has 0 amide bonds. The van der Waals surface area contributed by atoms with E-state index >= 15 is 0 Å². The number of anilines is 1. The quantitative estimate of drug-likeness (QED) is 0.453. The van der Waals surface area contributed by atoms with Crippen LogP contribution in [0.5, 0.6) is 0 Å². The summed E-state index contributed by atoms with van der Waals surface area (Å²) in [5.41, 5.74) is 4.06. The smallest absolute Gasteiger partial charge is 0.275 e. The van der Waals surface area contributed by atoms with E-state index in [0.29, 0.717) is 5.02 Å². The van der Waals surface area contributed by atoms with Crippen molar-refractivity contribution in [2.75, 3.05) is 5.32 Å². The first-order valence-electron chi connectivity index (χ1n) is 8.03. The van der Waals surface area contributed by atoms with Crippen molar-refractivity contribution in [2.24, 2.45) is 5.92 Å². The van der Waals surface area contributed by atoms with Crippen molar-refractivity contribution in [1.29, 1.82) is 0 Å². The molecule has 4 rings (SSSR count). The van der Waals surface area contributed by atoms with Gasteiger partial charge in [-0.2, -0.15) is 0 Å². The molecule has 24 heavy (non-hydrogen) atoms. The second-order valence-corrected chi connectivity index (χ2v) is 6.91. The highest BCUT2D eigenvalue weighted by atomic mass is 35.5. The zero-order valence-corrected chi connectivity index (χ0v) is 14.0. The third-order valence-electron chi connectivity index (χ3n) is 5.11. The van der Waals surface area contributed by atoms with Crippen LogP contribution in [-0.4, -0.2) is 4.92 Å². The predicted molar refractivity (Wildman–Crippen MR) is 95.6 cm³/mol. The van der Waals surface area contributed by atoms with E-state index in [0.717, 1.165) is 28.8 Å². The molecule has 0 saturated heterocycles. The molecular formula is C19H17ClN2O2. The molecule has 1 aliphatic heterocycles. The van der Waals surface area contributed by atoms with E-state index in [1.807, 2.05) is 31.2 Å². The molecule has 0 spiro atoms. The first-order chi connectivity index (χ1) is 11.6. The number of nitrogens with zero attached hydrogens (tertiary/aromatic N) is 1. The summed E-state index contributed by atoms with van der Waals surface area (Å²) in [4.78, 5) is 11.2. The van der Waals surface area contributed by atoms with Gasteiger partial charge in [-0.3, -0.25) is 10.1 Å². The van der Waals surface area contributed by atoms with Gasteiger partial charge in [0.15, 0.2) is 0 Å². The zero-order valence-electron chi connectivity index (χ0n) is 13.2. The van der Waals surface area contributed by atoms with Gasteiger partial charge in [0.25, 0.3) is 5.69 Å². The number of rotatable bonds is 2. The Labute approximate surface area is 145 Å². The highest BCUT2D eigenvalue weighted by molar-refractivity contribution is 6.30. The topological polar surface area (TPSA) is 55.2 Å². The van der Waals surface area contributed by atoms with E-state index in [1.54, 1.807) is 6.07 Å². The van der Waals surface area contributed by atoms with Gasteiger partial charge < -0.3 is 5.32 Å². The molecule has 1 aliphatic carbocycles. The molecule has 0 radical (unpaired) electrons. The molecule has 122 valence electrons. The van der Waals surface area contributed by atoms with Crippen LogP contribution in [0.2, 0.25) is 5.02 Å². The lowest BCUT2D eigenvalue weighted by Gasteiger charge is -2.38. The standard InChI is InChI=1S/C19H17ClN2O2/c1-11-8-9-16(22(23)24)17-14-6-3-7-15(14)19(21-18(11)17)12-4-2-5-13(20)10-12/h2-6,8-10,14-15,19,21H,7H2,1H3/t14-,15+,19+/m1/s1.